The van der Waals surface area contributed by atoms with Crippen LogP contribution in [0.3, 0.4) is 0 Å². The lowest BCUT2D eigenvalue weighted by Crippen LogP contribution is -2.41. The van der Waals surface area contributed by atoms with Gasteiger partial charge in [0.1, 0.15) is 0 Å². The van der Waals surface area contributed by atoms with Gasteiger partial charge in [-0.2, -0.15) is 0 Å². The number of fused-ring (bicyclic) bond motifs is 1. The van der Waals surface area contributed by atoms with Crippen LogP contribution in [0.1, 0.15) is 56.3 Å². The molecule has 0 aromatic heterocycles. The monoisotopic (exact) mass is 601 g/mol. The molecule has 3 aromatic rings. The van der Waals surface area contributed by atoms with Gasteiger partial charge in [0.25, 0.3) is 5.91 Å². The third-order valence-electron chi connectivity index (χ3n) is 6.65. The molecule has 2 atom stereocenters. The summed E-state index contributed by atoms with van der Waals surface area (Å²) >= 11 is 18.6. The van der Waals surface area contributed by atoms with Gasteiger partial charge in [-0.3, -0.25) is 14.4 Å². The van der Waals surface area contributed by atoms with E-state index >= 15 is 0 Å². The highest BCUT2D eigenvalue weighted by molar-refractivity contribution is 6.40. The molecule has 8 nitrogen and oxygen atoms in total. The molecular formula is C29H26Cl3N3O5. The standard InChI is InChI=1S/C29H26Cl3N3O5/c30-20-6-3-4-16(10-20)14-33-27(37)18-11-22(31)26(23(32)12-18)25(36)13-19(28(38)39)15-34-29(40)35-24-9-8-17-5-1-2-7-21(17)24/h1-7,10-12,19,24H,8-9,13-15H2,(H,33,37)(H,38,39)(H2,34,35,40)/t19-,24+/m0/s1. The second kappa shape index (κ2) is 13.2. The highest BCUT2D eigenvalue weighted by Crippen LogP contribution is 2.31. The Labute approximate surface area is 246 Å². The molecule has 3 aromatic carbocycles. The molecule has 4 N–H and O–H groups in total. The number of urea groups is 1. The zero-order valence-electron chi connectivity index (χ0n) is 21.2. The van der Waals surface area contributed by atoms with E-state index in [4.69, 9.17) is 34.8 Å². The van der Waals surface area contributed by atoms with Crippen LogP contribution < -0.4 is 16.0 Å². The smallest absolute Gasteiger partial charge is 0.315 e. The first-order chi connectivity index (χ1) is 19.1. The predicted octanol–water partition coefficient (Wildman–Crippen LogP) is 5.84. The van der Waals surface area contributed by atoms with Crippen LogP contribution in [0.5, 0.6) is 0 Å². The Balaban J connectivity index is 1.35. The van der Waals surface area contributed by atoms with Gasteiger partial charge in [-0.15, -0.1) is 0 Å². The number of carboxylic acid groups (broad SMARTS) is 1. The molecule has 11 heteroatoms. The quantitative estimate of drug-likeness (QED) is 0.217. The summed E-state index contributed by atoms with van der Waals surface area (Å²) in [6.45, 7) is -0.0655. The van der Waals surface area contributed by atoms with E-state index in [1.807, 2.05) is 24.3 Å². The number of nitrogens with one attached hydrogen (secondary N) is 3. The second-order valence-corrected chi connectivity index (χ2v) is 10.7. The molecule has 0 saturated carbocycles. The van der Waals surface area contributed by atoms with Crippen LogP contribution >= 0.6 is 34.8 Å². The van der Waals surface area contributed by atoms with E-state index in [2.05, 4.69) is 16.0 Å². The van der Waals surface area contributed by atoms with Crippen molar-refractivity contribution in [3.63, 3.8) is 0 Å². The van der Waals surface area contributed by atoms with E-state index < -0.39 is 36.0 Å². The first-order valence-corrected chi connectivity index (χ1v) is 13.7. The summed E-state index contributed by atoms with van der Waals surface area (Å²) in [7, 11) is 0. The largest absolute Gasteiger partial charge is 0.481 e. The Hall–Kier alpha value is -3.59. The number of benzene rings is 3. The summed E-state index contributed by atoms with van der Waals surface area (Å²) in [4.78, 5) is 50.0. The van der Waals surface area contributed by atoms with Crippen LogP contribution in [-0.4, -0.2) is 35.3 Å². The summed E-state index contributed by atoms with van der Waals surface area (Å²) in [6.07, 6.45) is 1.14. The average Bonchev–Trinajstić information content (AvgIpc) is 3.31. The molecule has 0 saturated heterocycles. The minimum absolute atomic E-state index is 0.0832. The van der Waals surface area contributed by atoms with Crippen molar-refractivity contribution in [3.05, 3.63) is 104 Å². The lowest BCUT2D eigenvalue weighted by atomic mass is 9.97. The van der Waals surface area contributed by atoms with Gasteiger partial charge in [-0.25, -0.2) is 4.79 Å². The van der Waals surface area contributed by atoms with E-state index in [0.717, 1.165) is 24.0 Å². The first-order valence-electron chi connectivity index (χ1n) is 12.5. The third-order valence-corrected chi connectivity index (χ3v) is 7.48. The van der Waals surface area contributed by atoms with Gasteiger partial charge in [0.05, 0.1) is 27.6 Å². The van der Waals surface area contributed by atoms with E-state index in [1.54, 1.807) is 24.3 Å². The fraction of sp³-hybridized carbons (Fsp3) is 0.241. The number of aryl methyl sites for hydroxylation is 1. The lowest BCUT2D eigenvalue weighted by molar-refractivity contribution is -0.141. The Morgan fingerprint density at radius 2 is 1.65 bits per heavy atom. The number of carbonyl (C=O) groups excluding carboxylic acids is 3. The highest BCUT2D eigenvalue weighted by atomic mass is 35.5. The number of carbonyl (C=O) groups is 4. The number of aliphatic carboxylic acids is 1. The van der Waals surface area contributed by atoms with E-state index in [9.17, 15) is 24.3 Å². The molecule has 0 radical (unpaired) electrons. The van der Waals surface area contributed by atoms with Crippen molar-refractivity contribution in [1.29, 1.82) is 0 Å². The van der Waals surface area contributed by atoms with Crippen LogP contribution in [0, 0.1) is 5.92 Å². The van der Waals surface area contributed by atoms with Crippen molar-refractivity contribution in [2.45, 2.75) is 31.8 Å². The number of hydrogen-bond acceptors (Lipinski definition) is 4. The van der Waals surface area contributed by atoms with Crippen LogP contribution in [0.15, 0.2) is 60.7 Å². The maximum Gasteiger partial charge on any atom is 0.315 e. The summed E-state index contributed by atoms with van der Waals surface area (Å²) in [6, 6.07) is 16.7. The molecule has 1 aliphatic carbocycles. The third kappa shape index (κ3) is 7.33. The predicted molar refractivity (Wildman–Crippen MR) is 153 cm³/mol. The molecule has 208 valence electrons. The summed E-state index contributed by atoms with van der Waals surface area (Å²) < 4.78 is 0. The zero-order valence-corrected chi connectivity index (χ0v) is 23.4. The number of ketones is 1. The number of amides is 3. The van der Waals surface area contributed by atoms with Gasteiger partial charge in [0.2, 0.25) is 0 Å². The molecule has 4 rings (SSSR count). The fourth-order valence-electron chi connectivity index (χ4n) is 4.61. The number of rotatable bonds is 10. The summed E-state index contributed by atoms with van der Waals surface area (Å²) in [5.41, 5.74) is 3.04. The Bertz CT molecular complexity index is 1440. The van der Waals surface area contributed by atoms with Crippen molar-refractivity contribution >= 4 is 58.5 Å². The van der Waals surface area contributed by atoms with E-state index in [0.29, 0.717) is 5.02 Å². The number of halogens is 3. The Morgan fingerprint density at radius 3 is 2.35 bits per heavy atom. The van der Waals surface area contributed by atoms with Crippen LogP contribution in [0.25, 0.3) is 0 Å². The van der Waals surface area contributed by atoms with Crippen molar-refractivity contribution in [2.24, 2.45) is 5.92 Å². The molecule has 1 aliphatic rings. The molecular weight excluding hydrogens is 577 g/mol. The maximum absolute atomic E-state index is 13.0. The van der Waals surface area contributed by atoms with Crippen LogP contribution in [-0.2, 0) is 17.8 Å². The van der Waals surface area contributed by atoms with Gasteiger partial charge in [-0.1, -0.05) is 71.2 Å². The topological polar surface area (TPSA) is 125 Å². The first kappa shape index (κ1) is 29.4. The van der Waals surface area contributed by atoms with Crippen molar-refractivity contribution in [1.82, 2.24) is 16.0 Å². The lowest BCUT2D eigenvalue weighted by Gasteiger charge is -2.17. The van der Waals surface area contributed by atoms with Crippen LogP contribution in [0.4, 0.5) is 4.79 Å². The molecule has 0 heterocycles. The fourth-order valence-corrected chi connectivity index (χ4v) is 5.52. The van der Waals surface area contributed by atoms with Gasteiger partial charge in [-0.05, 0) is 53.8 Å². The average molecular weight is 603 g/mol. The second-order valence-electron chi connectivity index (χ2n) is 9.43. The number of hydrogen-bond donors (Lipinski definition) is 4. The van der Waals surface area contributed by atoms with Gasteiger partial charge in [0.15, 0.2) is 5.78 Å². The minimum atomic E-state index is -1.26. The SMILES string of the molecule is O=C(NC[C@H](CC(=O)c1c(Cl)cc(C(=O)NCc2cccc(Cl)c2)cc1Cl)C(=O)O)N[C@@H]1CCc2ccccc21. The molecule has 0 fully saturated rings. The number of carboxylic acids is 1. The van der Waals surface area contributed by atoms with Gasteiger partial charge in [0, 0.05) is 30.1 Å². The number of Topliss-reactive ketones (excluding diaryl/α,β-unsaturated/α-hetero) is 1. The van der Waals surface area contributed by atoms with E-state index in [-0.39, 0.29) is 40.3 Å². The minimum Gasteiger partial charge on any atom is -0.481 e. The summed E-state index contributed by atoms with van der Waals surface area (Å²) in [5, 5.41) is 18.2. The molecule has 3 amide bonds. The van der Waals surface area contributed by atoms with Crippen LogP contribution in [0.2, 0.25) is 15.1 Å². The molecule has 0 aliphatic heterocycles. The molecule has 0 bridgehead atoms. The molecule has 40 heavy (non-hydrogen) atoms. The molecule has 0 spiro atoms. The van der Waals surface area contributed by atoms with E-state index in [1.165, 1.54) is 17.7 Å². The zero-order chi connectivity index (χ0) is 28.8. The Kier molecular flexibility index (Phi) is 9.68. The Morgan fingerprint density at radius 1 is 0.925 bits per heavy atom. The van der Waals surface area contributed by atoms with Crippen molar-refractivity contribution in [2.75, 3.05) is 6.54 Å². The maximum atomic E-state index is 13.0. The van der Waals surface area contributed by atoms with Crippen molar-refractivity contribution < 1.29 is 24.3 Å². The normalized spacial score (nSPS) is 14.6. The van der Waals surface area contributed by atoms with Gasteiger partial charge < -0.3 is 21.1 Å². The molecule has 0 unspecified atom stereocenters. The highest BCUT2D eigenvalue weighted by Gasteiger charge is 2.28. The summed E-state index contributed by atoms with van der Waals surface area (Å²) in [5.74, 6) is -3.57. The van der Waals surface area contributed by atoms with Crippen molar-refractivity contribution in [3.8, 4) is 0 Å². The van der Waals surface area contributed by atoms with Gasteiger partial charge >= 0.3 is 12.0 Å².